The molecule has 2 aliphatic heterocycles. The van der Waals surface area contributed by atoms with Gasteiger partial charge in [-0.05, 0) is 93.6 Å². The van der Waals surface area contributed by atoms with Crippen molar-refractivity contribution in [2.24, 2.45) is 16.7 Å². The lowest BCUT2D eigenvalue weighted by Crippen LogP contribution is -2.57. The van der Waals surface area contributed by atoms with E-state index < -0.39 is 50.5 Å². The Labute approximate surface area is 263 Å². The molecule has 4 unspecified atom stereocenters. The molecule has 1 spiro atoms. The van der Waals surface area contributed by atoms with Crippen LogP contribution in [-0.2, 0) is 36.2 Å². The number of benzene rings is 1. The predicted molar refractivity (Wildman–Crippen MR) is 169 cm³/mol. The van der Waals surface area contributed by atoms with E-state index in [1.54, 1.807) is 25.1 Å². The van der Waals surface area contributed by atoms with Crippen molar-refractivity contribution >= 4 is 27.9 Å². The third-order valence-corrected chi connectivity index (χ3v) is 13.8. The van der Waals surface area contributed by atoms with Gasteiger partial charge in [0, 0.05) is 31.0 Å². The minimum atomic E-state index is -3.70. The van der Waals surface area contributed by atoms with Gasteiger partial charge in [-0.25, -0.2) is 17.5 Å². The lowest BCUT2D eigenvalue weighted by atomic mass is 9.63. The molecule has 1 N–H and O–H groups in total. The van der Waals surface area contributed by atoms with E-state index in [1.165, 1.54) is 16.0 Å². The summed E-state index contributed by atoms with van der Waals surface area (Å²) in [6, 6.07) is 6.66. The van der Waals surface area contributed by atoms with Crippen LogP contribution in [0.15, 0.2) is 24.3 Å². The summed E-state index contributed by atoms with van der Waals surface area (Å²) in [5.41, 5.74) is 0.899. The van der Waals surface area contributed by atoms with Crippen molar-refractivity contribution in [1.82, 2.24) is 14.5 Å². The van der Waals surface area contributed by atoms with Crippen molar-refractivity contribution in [2.45, 2.75) is 123 Å². The number of urea groups is 1. The van der Waals surface area contributed by atoms with E-state index in [2.05, 4.69) is 50.4 Å². The van der Waals surface area contributed by atoms with Gasteiger partial charge < -0.3 is 10.1 Å². The quantitative estimate of drug-likeness (QED) is 0.314. The summed E-state index contributed by atoms with van der Waals surface area (Å²) in [5.74, 6) is -0.832. The molecule has 244 valence electrons. The Balaban J connectivity index is 1.35. The molecular weight excluding hydrogens is 578 g/mol. The van der Waals surface area contributed by atoms with Gasteiger partial charge in [0.2, 0.25) is 10.0 Å². The number of hydrogen-bond acceptors (Lipinski definition) is 6. The Morgan fingerprint density at radius 3 is 2.39 bits per heavy atom. The standard InChI is InChI=1S/C34H51N3O6S/c1-8-34(22-44(41,42)36-19-17-33(18-20-36)16-15-24-11-9-10-12-25(24)33)27(21-23(2)32(34,6)7)37-29(39)26(35-30(37)40)13-14-28(38)43-31(3,4)5/h9-12,23,26-27H,8,13-22H2,1-7H3,(H,35,40). The number of rotatable bonds is 8. The molecule has 3 amide bonds. The topological polar surface area (TPSA) is 113 Å². The van der Waals surface area contributed by atoms with Crippen LogP contribution in [0.25, 0.3) is 0 Å². The van der Waals surface area contributed by atoms with Gasteiger partial charge in [0.15, 0.2) is 0 Å². The maximum absolute atomic E-state index is 14.3. The number of amides is 3. The molecule has 1 saturated carbocycles. The van der Waals surface area contributed by atoms with Crippen molar-refractivity contribution in [3.8, 4) is 0 Å². The number of nitrogens with one attached hydrogen (secondary N) is 1. The van der Waals surface area contributed by atoms with E-state index >= 15 is 0 Å². The first-order chi connectivity index (χ1) is 20.5. The van der Waals surface area contributed by atoms with E-state index in [0.29, 0.717) is 25.9 Å². The molecule has 0 aromatic heterocycles. The monoisotopic (exact) mass is 629 g/mol. The number of imide groups is 1. The minimum Gasteiger partial charge on any atom is -0.460 e. The van der Waals surface area contributed by atoms with Gasteiger partial charge in [-0.15, -0.1) is 0 Å². The molecule has 4 aliphatic rings. The summed E-state index contributed by atoms with van der Waals surface area (Å²) < 4.78 is 35.7. The highest BCUT2D eigenvalue weighted by molar-refractivity contribution is 7.89. The smallest absolute Gasteiger partial charge is 0.325 e. The number of piperidine rings is 1. The Hall–Kier alpha value is -2.46. The average Bonchev–Trinajstić information content (AvgIpc) is 3.50. The zero-order chi connectivity index (χ0) is 32.3. The van der Waals surface area contributed by atoms with E-state index in [9.17, 15) is 22.8 Å². The minimum absolute atomic E-state index is 0.00256. The number of nitrogens with zero attached hydrogens (tertiary/aromatic N) is 2. The molecule has 2 heterocycles. The summed E-state index contributed by atoms with van der Waals surface area (Å²) in [6.07, 6.45) is 4.90. The van der Waals surface area contributed by atoms with Gasteiger partial charge in [-0.3, -0.25) is 14.5 Å². The van der Waals surface area contributed by atoms with Gasteiger partial charge in [-0.2, -0.15) is 0 Å². The molecular formula is C34H51N3O6S. The first kappa shape index (κ1) is 32.9. The van der Waals surface area contributed by atoms with Crippen LogP contribution in [0.5, 0.6) is 0 Å². The average molecular weight is 630 g/mol. The van der Waals surface area contributed by atoms with Gasteiger partial charge >= 0.3 is 12.0 Å². The van der Waals surface area contributed by atoms with E-state index in [0.717, 1.165) is 25.7 Å². The number of esters is 1. The maximum Gasteiger partial charge on any atom is 0.325 e. The second-order valence-corrected chi connectivity index (χ2v) is 17.3. The fourth-order valence-corrected chi connectivity index (χ4v) is 11.1. The SMILES string of the molecule is CCC1(CS(=O)(=O)N2CCC3(CCc4ccccc43)CC2)C(N2C(=O)NC(CCC(=O)OC(C)(C)C)C2=O)CC(C)C1(C)C. The summed E-state index contributed by atoms with van der Waals surface area (Å²) >= 11 is 0. The molecule has 44 heavy (non-hydrogen) atoms. The molecule has 0 radical (unpaired) electrons. The number of ether oxygens (including phenoxy) is 1. The van der Waals surface area contributed by atoms with Crippen molar-refractivity contribution in [3.63, 3.8) is 0 Å². The largest absolute Gasteiger partial charge is 0.460 e. The third-order valence-electron chi connectivity index (χ3n) is 11.8. The Bertz CT molecular complexity index is 1410. The number of sulfonamides is 1. The number of fused-ring (bicyclic) bond motifs is 2. The van der Waals surface area contributed by atoms with Crippen molar-refractivity contribution < 1.29 is 27.5 Å². The van der Waals surface area contributed by atoms with Crippen LogP contribution in [0.2, 0.25) is 0 Å². The van der Waals surface area contributed by atoms with Crippen LogP contribution in [-0.4, -0.2) is 72.1 Å². The molecule has 2 aliphatic carbocycles. The first-order valence-electron chi connectivity index (χ1n) is 16.4. The van der Waals surface area contributed by atoms with E-state index in [4.69, 9.17) is 4.74 Å². The molecule has 9 nitrogen and oxygen atoms in total. The zero-order valence-corrected chi connectivity index (χ0v) is 28.4. The maximum atomic E-state index is 14.3. The van der Waals surface area contributed by atoms with Gasteiger partial charge in [0.1, 0.15) is 11.6 Å². The second-order valence-electron chi connectivity index (χ2n) is 15.3. The molecule has 2 saturated heterocycles. The highest BCUT2D eigenvalue weighted by atomic mass is 32.2. The van der Waals surface area contributed by atoms with Crippen LogP contribution >= 0.6 is 0 Å². The second kappa shape index (κ2) is 11.4. The fourth-order valence-electron chi connectivity index (χ4n) is 8.79. The van der Waals surface area contributed by atoms with E-state index in [-0.39, 0.29) is 35.8 Å². The Morgan fingerprint density at radius 2 is 1.75 bits per heavy atom. The lowest BCUT2D eigenvalue weighted by molar-refractivity contribution is -0.155. The van der Waals surface area contributed by atoms with Crippen LogP contribution in [0.1, 0.15) is 105 Å². The molecule has 5 rings (SSSR count). The van der Waals surface area contributed by atoms with Crippen molar-refractivity contribution in [1.29, 1.82) is 0 Å². The summed E-state index contributed by atoms with van der Waals surface area (Å²) in [6.45, 7) is 14.6. The highest BCUT2D eigenvalue weighted by Crippen LogP contribution is 2.60. The first-order valence-corrected chi connectivity index (χ1v) is 18.0. The highest BCUT2D eigenvalue weighted by Gasteiger charge is 2.64. The molecule has 1 aromatic carbocycles. The van der Waals surface area contributed by atoms with Crippen LogP contribution in [0.3, 0.4) is 0 Å². The predicted octanol–water partition coefficient (Wildman–Crippen LogP) is 5.17. The fraction of sp³-hybridized carbons (Fsp3) is 0.735. The molecule has 0 bridgehead atoms. The summed E-state index contributed by atoms with van der Waals surface area (Å²) in [5, 5.41) is 2.78. The van der Waals surface area contributed by atoms with Crippen LogP contribution < -0.4 is 5.32 Å². The van der Waals surface area contributed by atoms with Crippen molar-refractivity contribution in [2.75, 3.05) is 18.8 Å². The number of carbonyl (C=O) groups excluding carboxylic acids is 3. The van der Waals surface area contributed by atoms with E-state index in [1.807, 2.05) is 6.92 Å². The molecule has 1 aromatic rings. The zero-order valence-electron chi connectivity index (χ0n) is 27.6. The molecule has 3 fully saturated rings. The number of aryl methyl sites for hydroxylation is 1. The summed E-state index contributed by atoms with van der Waals surface area (Å²) in [4.78, 5) is 40.8. The van der Waals surface area contributed by atoms with Gasteiger partial charge in [0.25, 0.3) is 5.91 Å². The summed E-state index contributed by atoms with van der Waals surface area (Å²) in [7, 11) is -3.70. The normalized spacial score (nSPS) is 30.1. The van der Waals surface area contributed by atoms with Gasteiger partial charge in [-0.1, -0.05) is 52.0 Å². The van der Waals surface area contributed by atoms with Crippen molar-refractivity contribution in [3.05, 3.63) is 35.4 Å². The molecule has 4 atom stereocenters. The van der Waals surface area contributed by atoms with Crippen LogP contribution in [0, 0.1) is 16.7 Å². The Kier molecular flexibility index (Phi) is 8.53. The lowest BCUT2D eigenvalue weighted by Gasteiger charge is -2.49. The van der Waals surface area contributed by atoms with Gasteiger partial charge in [0.05, 0.1) is 5.75 Å². The third kappa shape index (κ3) is 5.59. The van der Waals surface area contributed by atoms with Crippen LogP contribution in [0.4, 0.5) is 4.79 Å². The molecule has 10 heteroatoms. The Morgan fingerprint density at radius 1 is 1.09 bits per heavy atom. The number of carbonyl (C=O) groups is 3. The number of hydrogen-bond donors (Lipinski definition) is 1.